The molecule has 0 aliphatic carbocycles. The number of halogens is 1. The van der Waals surface area contributed by atoms with E-state index in [0.717, 1.165) is 22.0 Å². The Labute approximate surface area is 214 Å². The lowest BCUT2D eigenvalue weighted by atomic mass is 10.1. The summed E-state index contributed by atoms with van der Waals surface area (Å²) in [6, 6.07) is 20.0. The fourth-order valence-corrected chi connectivity index (χ4v) is 4.18. The molecule has 0 radical (unpaired) electrons. The molecule has 0 spiro atoms. The molecule has 8 heteroatoms. The van der Waals surface area contributed by atoms with Crippen molar-refractivity contribution in [1.29, 1.82) is 0 Å². The molecule has 2 amide bonds. The number of H-pyrrole nitrogens is 1. The van der Waals surface area contributed by atoms with Crippen LogP contribution in [0.15, 0.2) is 71.5 Å². The standard InChI is InChI=1S/C28H28ClN3O4/c1-18-8-10-20-16-21(27(33)30-24(20)14-18)17-32(28(34)31-23-7-5-4-6-22(23)29)13-12-19-9-11-25(35-2)26(15-19)36-3/h4-11,14-16H,12-13,17H2,1-3H3,(H,30,33)(H,31,34). The van der Waals surface area contributed by atoms with E-state index < -0.39 is 0 Å². The Balaban J connectivity index is 1.61. The first kappa shape index (κ1) is 25.1. The number of hydrogen-bond donors (Lipinski definition) is 2. The minimum absolute atomic E-state index is 0.128. The molecule has 0 aliphatic heterocycles. The number of carbonyl (C=O) groups is 1. The molecule has 4 rings (SSSR count). The van der Waals surface area contributed by atoms with Crippen molar-refractivity contribution < 1.29 is 14.3 Å². The summed E-state index contributed by atoms with van der Waals surface area (Å²) in [4.78, 5) is 30.8. The molecular formula is C28H28ClN3O4. The highest BCUT2D eigenvalue weighted by molar-refractivity contribution is 6.33. The number of para-hydroxylation sites is 1. The van der Waals surface area contributed by atoms with Crippen LogP contribution in [0.1, 0.15) is 16.7 Å². The van der Waals surface area contributed by atoms with Gasteiger partial charge < -0.3 is 24.7 Å². The molecule has 3 aromatic carbocycles. The van der Waals surface area contributed by atoms with Crippen molar-refractivity contribution in [3.63, 3.8) is 0 Å². The number of carbonyl (C=O) groups excluding carboxylic acids is 1. The van der Waals surface area contributed by atoms with Crippen molar-refractivity contribution in [2.45, 2.75) is 19.9 Å². The number of nitrogens with one attached hydrogen (secondary N) is 2. The predicted molar refractivity (Wildman–Crippen MR) is 143 cm³/mol. The van der Waals surface area contributed by atoms with Gasteiger partial charge in [-0.15, -0.1) is 0 Å². The van der Waals surface area contributed by atoms with E-state index in [0.29, 0.717) is 40.7 Å². The Kier molecular flexibility index (Phi) is 7.80. The van der Waals surface area contributed by atoms with E-state index >= 15 is 0 Å². The first-order chi connectivity index (χ1) is 17.4. The second-order valence-corrected chi connectivity index (χ2v) is 8.89. The molecule has 1 heterocycles. The first-order valence-electron chi connectivity index (χ1n) is 11.5. The molecule has 1 aromatic heterocycles. The zero-order valence-corrected chi connectivity index (χ0v) is 21.2. The van der Waals surface area contributed by atoms with Gasteiger partial charge in [-0.05, 0) is 66.3 Å². The van der Waals surface area contributed by atoms with E-state index in [-0.39, 0.29) is 18.1 Å². The molecule has 7 nitrogen and oxygen atoms in total. The molecule has 0 aliphatic rings. The lowest BCUT2D eigenvalue weighted by Gasteiger charge is -2.24. The number of rotatable bonds is 8. The third-order valence-corrected chi connectivity index (χ3v) is 6.29. The number of urea groups is 1. The maximum atomic E-state index is 13.3. The lowest BCUT2D eigenvalue weighted by Crippen LogP contribution is -2.37. The van der Waals surface area contributed by atoms with Gasteiger partial charge >= 0.3 is 6.03 Å². The summed E-state index contributed by atoms with van der Waals surface area (Å²) in [5.74, 6) is 1.25. The number of aryl methyl sites for hydroxylation is 1. The Morgan fingerprint density at radius 2 is 1.78 bits per heavy atom. The molecule has 186 valence electrons. The zero-order chi connectivity index (χ0) is 25.7. The molecule has 0 fully saturated rings. The zero-order valence-electron chi connectivity index (χ0n) is 20.4. The third kappa shape index (κ3) is 5.80. The predicted octanol–water partition coefficient (Wildman–Crippen LogP) is 5.78. The van der Waals surface area contributed by atoms with Crippen molar-refractivity contribution >= 4 is 34.2 Å². The van der Waals surface area contributed by atoms with Crippen molar-refractivity contribution in [2.24, 2.45) is 0 Å². The van der Waals surface area contributed by atoms with E-state index in [1.807, 2.05) is 49.4 Å². The van der Waals surface area contributed by atoms with Gasteiger partial charge in [-0.2, -0.15) is 0 Å². The van der Waals surface area contributed by atoms with Crippen LogP contribution in [0.4, 0.5) is 10.5 Å². The molecular weight excluding hydrogens is 478 g/mol. The van der Waals surface area contributed by atoms with E-state index in [1.54, 1.807) is 43.4 Å². The lowest BCUT2D eigenvalue weighted by molar-refractivity contribution is 0.209. The van der Waals surface area contributed by atoms with E-state index in [1.165, 1.54) is 0 Å². The normalized spacial score (nSPS) is 10.8. The molecule has 0 unspecified atom stereocenters. The van der Waals surface area contributed by atoms with E-state index in [4.69, 9.17) is 21.1 Å². The number of nitrogens with zero attached hydrogens (tertiary/aromatic N) is 1. The van der Waals surface area contributed by atoms with Gasteiger partial charge in [0.15, 0.2) is 11.5 Å². The fourth-order valence-electron chi connectivity index (χ4n) is 3.99. The quantitative estimate of drug-likeness (QED) is 0.318. The number of ether oxygens (including phenoxy) is 2. The average molecular weight is 506 g/mol. The van der Waals surface area contributed by atoms with Gasteiger partial charge in [0, 0.05) is 17.6 Å². The van der Waals surface area contributed by atoms with Gasteiger partial charge in [-0.3, -0.25) is 4.79 Å². The van der Waals surface area contributed by atoms with Crippen molar-refractivity contribution in [3.05, 3.63) is 98.8 Å². The summed E-state index contributed by atoms with van der Waals surface area (Å²) in [5.41, 5.74) is 3.56. The maximum absolute atomic E-state index is 13.3. The van der Waals surface area contributed by atoms with Crippen molar-refractivity contribution in [3.8, 4) is 11.5 Å². The van der Waals surface area contributed by atoms with Crippen LogP contribution in [0.3, 0.4) is 0 Å². The summed E-state index contributed by atoms with van der Waals surface area (Å²) >= 11 is 6.26. The van der Waals surface area contributed by atoms with Gasteiger partial charge in [0.2, 0.25) is 0 Å². The number of pyridine rings is 1. The van der Waals surface area contributed by atoms with Crippen LogP contribution in [0.25, 0.3) is 10.9 Å². The minimum atomic E-state index is -0.355. The van der Waals surface area contributed by atoms with Crippen LogP contribution >= 0.6 is 11.6 Å². The second-order valence-electron chi connectivity index (χ2n) is 8.49. The number of anilines is 1. The fraction of sp³-hybridized carbons (Fsp3) is 0.214. The van der Waals surface area contributed by atoms with Gasteiger partial charge in [0.05, 0.1) is 31.5 Å². The number of fused-ring (bicyclic) bond motifs is 1. The van der Waals surface area contributed by atoms with Gasteiger partial charge in [-0.1, -0.05) is 41.9 Å². The van der Waals surface area contributed by atoms with Crippen LogP contribution in [-0.2, 0) is 13.0 Å². The molecule has 0 saturated heterocycles. The highest BCUT2D eigenvalue weighted by Gasteiger charge is 2.18. The molecule has 36 heavy (non-hydrogen) atoms. The van der Waals surface area contributed by atoms with Crippen LogP contribution in [0, 0.1) is 6.92 Å². The van der Waals surface area contributed by atoms with Crippen molar-refractivity contribution in [2.75, 3.05) is 26.1 Å². The number of methoxy groups -OCH3 is 2. The largest absolute Gasteiger partial charge is 0.493 e. The Morgan fingerprint density at radius 1 is 1.00 bits per heavy atom. The Hall–Kier alpha value is -3.97. The highest BCUT2D eigenvalue weighted by Crippen LogP contribution is 2.28. The van der Waals surface area contributed by atoms with Gasteiger partial charge in [0.1, 0.15) is 0 Å². The number of aromatic nitrogens is 1. The third-order valence-electron chi connectivity index (χ3n) is 5.96. The van der Waals surface area contributed by atoms with Crippen molar-refractivity contribution in [1.82, 2.24) is 9.88 Å². The number of hydrogen-bond acceptors (Lipinski definition) is 4. The van der Waals surface area contributed by atoms with E-state index in [2.05, 4.69) is 10.3 Å². The van der Waals surface area contributed by atoms with E-state index in [9.17, 15) is 9.59 Å². The second kappa shape index (κ2) is 11.2. The smallest absolute Gasteiger partial charge is 0.322 e. The SMILES string of the molecule is COc1ccc(CCN(Cc2cc3ccc(C)cc3[nH]c2=O)C(=O)Nc2ccccc2Cl)cc1OC. The molecule has 4 aromatic rings. The number of benzene rings is 3. The summed E-state index contributed by atoms with van der Waals surface area (Å²) in [7, 11) is 3.17. The average Bonchev–Trinajstić information content (AvgIpc) is 2.87. The topological polar surface area (TPSA) is 83.7 Å². The molecule has 0 atom stereocenters. The van der Waals surface area contributed by atoms with Crippen LogP contribution in [-0.4, -0.2) is 36.7 Å². The summed E-state index contributed by atoms with van der Waals surface area (Å²) in [5, 5.41) is 4.21. The molecule has 2 N–H and O–H groups in total. The van der Waals surface area contributed by atoms with Crippen LogP contribution in [0.2, 0.25) is 5.02 Å². The monoisotopic (exact) mass is 505 g/mol. The minimum Gasteiger partial charge on any atom is -0.493 e. The summed E-state index contributed by atoms with van der Waals surface area (Å²) in [6.45, 7) is 2.46. The summed E-state index contributed by atoms with van der Waals surface area (Å²) < 4.78 is 10.7. The van der Waals surface area contributed by atoms with Crippen LogP contribution < -0.4 is 20.3 Å². The molecule has 0 bridgehead atoms. The Bertz CT molecular complexity index is 1450. The van der Waals surface area contributed by atoms with Crippen LogP contribution in [0.5, 0.6) is 11.5 Å². The number of aromatic amines is 1. The van der Waals surface area contributed by atoms with Gasteiger partial charge in [-0.25, -0.2) is 4.79 Å². The first-order valence-corrected chi connectivity index (χ1v) is 11.9. The Morgan fingerprint density at radius 3 is 2.53 bits per heavy atom. The highest BCUT2D eigenvalue weighted by atomic mass is 35.5. The summed E-state index contributed by atoms with van der Waals surface area (Å²) in [6.07, 6.45) is 0.543. The number of amides is 2. The maximum Gasteiger partial charge on any atom is 0.322 e. The van der Waals surface area contributed by atoms with Gasteiger partial charge in [0.25, 0.3) is 5.56 Å². The molecule has 0 saturated carbocycles.